The second kappa shape index (κ2) is 11.3. The van der Waals surface area contributed by atoms with Crippen LogP contribution in [-0.2, 0) is 17.8 Å². The van der Waals surface area contributed by atoms with Crippen LogP contribution < -0.4 is 5.32 Å². The molecule has 0 aliphatic heterocycles. The van der Waals surface area contributed by atoms with Gasteiger partial charge in [0.05, 0.1) is 28.4 Å². The van der Waals surface area contributed by atoms with Crippen LogP contribution in [0.3, 0.4) is 0 Å². The number of amides is 2. The molecule has 0 spiro atoms. The number of carbonyl (C=O) groups is 2. The number of aromatic nitrogens is 4. The molecule has 3 rings (SSSR count). The second-order valence-corrected chi connectivity index (χ2v) is 12.2. The van der Waals surface area contributed by atoms with Gasteiger partial charge in [-0.25, -0.2) is 9.78 Å². The molecule has 0 aliphatic rings. The smallest absolute Gasteiger partial charge is 0.410 e. The Hall–Kier alpha value is -3.14. The number of anilines is 1. The van der Waals surface area contributed by atoms with Crippen LogP contribution in [0, 0.1) is 27.2 Å². The van der Waals surface area contributed by atoms with E-state index in [0.29, 0.717) is 48.9 Å². The summed E-state index contributed by atoms with van der Waals surface area (Å²) in [7, 11) is 0. The monoisotopic (exact) mass is 633 g/mol. The summed E-state index contributed by atoms with van der Waals surface area (Å²) >= 11 is 2.19. The predicted molar refractivity (Wildman–Crippen MR) is 155 cm³/mol. The highest BCUT2D eigenvalue weighted by atomic mass is 127. The Morgan fingerprint density at radius 3 is 2.45 bits per heavy atom. The number of benzene rings is 1. The van der Waals surface area contributed by atoms with Gasteiger partial charge in [-0.05, 0) is 82.3 Å². The highest BCUT2D eigenvalue weighted by molar-refractivity contribution is 14.1. The summed E-state index contributed by atoms with van der Waals surface area (Å²) in [5, 5.41) is 16.8. The first-order valence-corrected chi connectivity index (χ1v) is 13.7. The van der Waals surface area contributed by atoms with Gasteiger partial charge < -0.3 is 14.2 Å². The topological polar surface area (TPSA) is 118 Å². The van der Waals surface area contributed by atoms with Crippen molar-refractivity contribution in [1.82, 2.24) is 24.2 Å². The van der Waals surface area contributed by atoms with Gasteiger partial charge in [0.15, 0.2) is 0 Å². The summed E-state index contributed by atoms with van der Waals surface area (Å²) in [6, 6.07) is 7.44. The van der Waals surface area contributed by atoms with Crippen molar-refractivity contribution >= 4 is 51.6 Å². The van der Waals surface area contributed by atoms with E-state index in [9.17, 15) is 14.9 Å². The van der Waals surface area contributed by atoms with Crippen LogP contribution in [0.25, 0.3) is 11.0 Å². The van der Waals surface area contributed by atoms with Gasteiger partial charge in [0.2, 0.25) is 5.95 Å². The highest BCUT2D eigenvalue weighted by Crippen LogP contribution is 2.31. The minimum atomic E-state index is -0.593. The molecule has 0 bridgehead atoms. The molecule has 2 amide bonds. The van der Waals surface area contributed by atoms with Crippen LogP contribution in [0.4, 0.5) is 10.7 Å². The first kappa shape index (κ1) is 29.4. The number of halogens is 1. The van der Waals surface area contributed by atoms with E-state index in [1.165, 1.54) is 0 Å². The van der Waals surface area contributed by atoms with Crippen molar-refractivity contribution < 1.29 is 14.3 Å². The third-order valence-corrected chi connectivity index (χ3v) is 6.64. The Morgan fingerprint density at radius 2 is 1.87 bits per heavy atom. The summed E-state index contributed by atoms with van der Waals surface area (Å²) in [5.41, 5.74) is 2.10. The van der Waals surface area contributed by atoms with Crippen molar-refractivity contribution in [1.29, 1.82) is 5.26 Å². The van der Waals surface area contributed by atoms with E-state index in [1.54, 1.807) is 27.8 Å². The Labute approximate surface area is 237 Å². The number of imidazole rings is 1. The Morgan fingerprint density at radius 1 is 1.18 bits per heavy atom. The number of fused-ring (bicyclic) bond motifs is 1. The minimum absolute atomic E-state index is 0.318. The molecule has 38 heavy (non-hydrogen) atoms. The van der Waals surface area contributed by atoms with Crippen LogP contribution in [-0.4, -0.2) is 54.9 Å². The van der Waals surface area contributed by atoms with E-state index in [2.05, 4.69) is 52.9 Å². The van der Waals surface area contributed by atoms with Crippen molar-refractivity contribution in [3.8, 4) is 6.07 Å². The van der Waals surface area contributed by atoms with Crippen molar-refractivity contribution in [3.05, 3.63) is 38.7 Å². The lowest BCUT2D eigenvalue weighted by Gasteiger charge is -2.34. The fourth-order valence-electron chi connectivity index (χ4n) is 4.29. The van der Waals surface area contributed by atoms with Gasteiger partial charge in [0.1, 0.15) is 11.3 Å². The Bertz CT molecular complexity index is 1390. The molecule has 1 N–H and O–H groups in total. The predicted octanol–water partition coefficient (Wildman–Crippen LogP) is 5.57. The summed E-state index contributed by atoms with van der Waals surface area (Å²) in [6.45, 7) is 17.3. The number of rotatable bonds is 8. The van der Waals surface area contributed by atoms with Crippen LogP contribution in [0.15, 0.2) is 18.2 Å². The Kier molecular flexibility index (Phi) is 8.75. The normalized spacial score (nSPS) is 11.9. The Balaban J connectivity index is 2.01. The van der Waals surface area contributed by atoms with Gasteiger partial charge in [0, 0.05) is 35.2 Å². The van der Waals surface area contributed by atoms with Crippen LogP contribution in [0.5, 0.6) is 0 Å². The molecule has 0 unspecified atom stereocenters. The molecule has 10 nitrogen and oxygen atoms in total. The quantitative estimate of drug-likeness (QED) is 0.324. The highest BCUT2D eigenvalue weighted by Gasteiger charge is 2.30. The molecule has 0 fully saturated rings. The fourth-order valence-corrected chi connectivity index (χ4v) is 5.20. The third-order valence-electron chi connectivity index (χ3n) is 5.82. The lowest BCUT2D eigenvalue weighted by atomic mass is 9.92. The summed E-state index contributed by atoms with van der Waals surface area (Å²) < 4.78 is 10.1. The van der Waals surface area contributed by atoms with Gasteiger partial charge >= 0.3 is 6.09 Å². The maximum Gasteiger partial charge on any atom is 0.410 e. The van der Waals surface area contributed by atoms with Gasteiger partial charge in [-0.15, -0.1) is 0 Å². The van der Waals surface area contributed by atoms with Crippen molar-refractivity contribution in [3.63, 3.8) is 0 Å². The number of hydrogen-bond acceptors (Lipinski definition) is 6. The van der Waals surface area contributed by atoms with Crippen molar-refractivity contribution in [2.45, 2.75) is 74.1 Å². The lowest BCUT2D eigenvalue weighted by molar-refractivity contribution is 0.0180. The van der Waals surface area contributed by atoms with Crippen LogP contribution in [0.2, 0.25) is 0 Å². The first-order valence-electron chi connectivity index (χ1n) is 12.6. The zero-order valence-electron chi connectivity index (χ0n) is 23.3. The average molecular weight is 634 g/mol. The second-order valence-electron chi connectivity index (χ2n) is 11.1. The molecule has 2 aromatic heterocycles. The van der Waals surface area contributed by atoms with E-state index >= 15 is 0 Å². The van der Waals surface area contributed by atoms with Crippen molar-refractivity contribution in [2.75, 3.05) is 18.4 Å². The van der Waals surface area contributed by atoms with Crippen LogP contribution >= 0.6 is 22.6 Å². The molecular weight excluding hydrogens is 597 g/mol. The van der Waals surface area contributed by atoms with Gasteiger partial charge in [-0.3, -0.25) is 14.8 Å². The molecular formula is C27H36IN7O3. The SMILES string of the molecule is CCN(CC(C)(C)Cn1c(NC(=O)c2cc(C)nn2CC)nc2cc(C#N)cc(I)c21)C(=O)OC(C)(C)C. The summed E-state index contributed by atoms with van der Waals surface area (Å²) in [6.07, 6.45) is -0.367. The number of ether oxygens (including phenoxy) is 1. The molecule has 0 atom stereocenters. The van der Waals surface area contributed by atoms with Crippen LogP contribution in [0.1, 0.15) is 70.2 Å². The van der Waals surface area contributed by atoms with Crippen molar-refractivity contribution in [2.24, 2.45) is 5.41 Å². The third kappa shape index (κ3) is 6.83. The average Bonchev–Trinajstić information content (AvgIpc) is 3.35. The number of carbonyl (C=O) groups excluding carboxylic acids is 2. The molecule has 0 saturated heterocycles. The largest absolute Gasteiger partial charge is 0.444 e. The molecule has 0 aliphatic carbocycles. The fraction of sp³-hybridized carbons (Fsp3) is 0.519. The van der Waals surface area contributed by atoms with Gasteiger partial charge in [-0.2, -0.15) is 10.4 Å². The molecule has 3 aromatic rings. The number of nitriles is 1. The van der Waals surface area contributed by atoms with E-state index in [0.717, 1.165) is 14.8 Å². The molecule has 0 radical (unpaired) electrons. The van der Waals surface area contributed by atoms with Gasteiger partial charge in [-0.1, -0.05) is 13.8 Å². The van der Waals surface area contributed by atoms with E-state index in [1.807, 2.05) is 46.1 Å². The number of aryl methyl sites for hydroxylation is 2. The number of nitrogens with zero attached hydrogens (tertiary/aromatic N) is 6. The molecule has 2 heterocycles. The molecule has 0 saturated carbocycles. The van der Waals surface area contributed by atoms with E-state index in [4.69, 9.17) is 9.72 Å². The number of hydrogen-bond donors (Lipinski definition) is 1. The maximum atomic E-state index is 13.3. The maximum absolute atomic E-state index is 13.3. The first-order chi connectivity index (χ1) is 17.7. The molecule has 1 aromatic carbocycles. The summed E-state index contributed by atoms with van der Waals surface area (Å²) in [5.74, 6) is 0.0502. The molecule has 11 heteroatoms. The zero-order valence-corrected chi connectivity index (χ0v) is 25.5. The van der Waals surface area contributed by atoms with E-state index in [-0.39, 0.29) is 12.0 Å². The zero-order chi connectivity index (χ0) is 28.4. The lowest BCUT2D eigenvalue weighted by Crippen LogP contribution is -2.43. The minimum Gasteiger partial charge on any atom is -0.444 e. The van der Waals surface area contributed by atoms with E-state index < -0.39 is 11.0 Å². The standard InChI is InChI=1S/C27H36IN7O3/c1-9-33(25(37)38-26(4,5)6)15-27(7,8)16-34-22-19(28)12-18(14-29)13-20(22)30-24(34)31-23(36)21-11-17(3)32-35(21)10-2/h11-13H,9-10,15-16H2,1-8H3,(H,30,31,36). The molecule has 204 valence electrons. The number of nitrogens with one attached hydrogen (secondary N) is 1. The van der Waals surface area contributed by atoms with Gasteiger partial charge in [0.25, 0.3) is 5.91 Å². The summed E-state index contributed by atoms with van der Waals surface area (Å²) in [4.78, 5) is 32.5.